The topological polar surface area (TPSA) is 80.3 Å². The van der Waals surface area contributed by atoms with E-state index in [0.29, 0.717) is 47.4 Å². The second kappa shape index (κ2) is 8.82. The summed E-state index contributed by atoms with van der Waals surface area (Å²) in [6, 6.07) is 13.4. The highest BCUT2D eigenvalue weighted by atomic mass is 16.5. The number of nitrogens with zero attached hydrogens (tertiary/aromatic N) is 2. The van der Waals surface area contributed by atoms with Crippen LogP contribution in [0.5, 0.6) is 11.5 Å². The molecule has 0 saturated carbocycles. The average Bonchev–Trinajstić information content (AvgIpc) is 3.24. The van der Waals surface area contributed by atoms with Gasteiger partial charge in [0.15, 0.2) is 0 Å². The Balaban J connectivity index is 1.71. The zero-order valence-corrected chi connectivity index (χ0v) is 18.6. The maximum absolute atomic E-state index is 13.5. The molecule has 168 valence electrons. The third-order valence-electron chi connectivity index (χ3n) is 5.86. The highest BCUT2D eigenvalue weighted by Crippen LogP contribution is 2.37. The highest BCUT2D eigenvalue weighted by molar-refractivity contribution is 6.09. The molecular weight excluding hydrogens is 410 g/mol. The molecule has 3 amide bonds. The lowest BCUT2D eigenvalue weighted by Gasteiger charge is -2.40. The number of carbonyl (C=O) groups is 2. The molecule has 0 bridgehead atoms. The van der Waals surface area contributed by atoms with Gasteiger partial charge in [0.2, 0.25) is 5.88 Å². The largest absolute Gasteiger partial charge is 0.497 e. The average molecular weight is 437 g/mol. The first-order valence-electron chi connectivity index (χ1n) is 10.6. The van der Waals surface area contributed by atoms with Gasteiger partial charge in [0.25, 0.3) is 5.91 Å². The molecule has 2 aromatic rings. The van der Waals surface area contributed by atoms with Gasteiger partial charge in [0.05, 0.1) is 26.3 Å². The normalized spacial score (nSPS) is 20.1. The summed E-state index contributed by atoms with van der Waals surface area (Å²) in [5, 5.41) is 2.93. The van der Waals surface area contributed by atoms with Gasteiger partial charge in [-0.1, -0.05) is 6.92 Å². The fourth-order valence-electron chi connectivity index (χ4n) is 4.06. The number of hydrogen-bond acceptors (Lipinski definition) is 5. The fourth-order valence-corrected chi connectivity index (χ4v) is 4.06. The number of anilines is 2. The first-order chi connectivity index (χ1) is 15.5. The Hall–Kier alpha value is -3.68. The van der Waals surface area contributed by atoms with Gasteiger partial charge in [-0.15, -0.1) is 0 Å². The van der Waals surface area contributed by atoms with Crippen molar-refractivity contribution in [2.75, 3.05) is 31.0 Å². The summed E-state index contributed by atoms with van der Waals surface area (Å²) in [5.74, 6) is 1.41. The quantitative estimate of drug-likeness (QED) is 0.739. The van der Waals surface area contributed by atoms with Crippen LogP contribution in [0.2, 0.25) is 0 Å². The van der Waals surface area contributed by atoms with E-state index in [0.717, 1.165) is 0 Å². The molecular formula is C24H27N3O5. The summed E-state index contributed by atoms with van der Waals surface area (Å²) < 4.78 is 16.3. The van der Waals surface area contributed by atoms with Crippen LogP contribution in [0.1, 0.15) is 20.3 Å². The number of methoxy groups -OCH3 is 2. The molecule has 8 heteroatoms. The zero-order chi connectivity index (χ0) is 22.8. The van der Waals surface area contributed by atoms with E-state index in [-0.39, 0.29) is 18.0 Å². The van der Waals surface area contributed by atoms with Crippen LogP contribution in [0.3, 0.4) is 0 Å². The lowest BCUT2D eigenvalue weighted by molar-refractivity contribution is -0.113. The summed E-state index contributed by atoms with van der Waals surface area (Å²) >= 11 is 0. The van der Waals surface area contributed by atoms with Gasteiger partial charge in [-0.3, -0.25) is 14.6 Å². The smallest absolute Gasteiger partial charge is 0.332 e. The minimum atomic E-state index is -0.531. The molecule has 8 nitrogen and oxygen atoms in total. The van der Waals surface area contributed by atoms with Crippen molar-refractivity contribution >= 4 is 23.3 Å². The molecule has 0 spiro atoms. The summed E-state index contributed by atoms with van der Waals surface area (Å²) in [7, 11) is 3.18. The molecule has 2 atom stereocenters. The minimum Gasteiger partial charge on any atom is -0.497 e. The lowest BCUT2D eigenvalue weighted by Crippen LogP contribution is -2.55. The minimum absolute atomic E-state index is 0.130. The van der Waals surface area contributed by atoms with Gasteiger partial charge in [0, 0.05) is 11.4 Å². The maximum Gasteiger partial charge on any atom is 0.332 e. The number of hydrogen-bond donors (Lipinski definition) is 1. The Morgan fingerprint density at radius 1 is 1.03 bits per heavy atom. The van der Waals surface area contributed by atoms with Crippen molar-refractivity contribution in [3.63, 3.8) is 0 Å². The molecule has 1 saturated heterocycles. The molecule has 32 heavy (non-hydrogen) atoms. The SMILES string of the molecule is CC[C@@H]1COC2=C(C(=O)Nc3ccc(OC)cc3)[C@@H](C)N(c3ccc(OC)cc3)C(=O)N21. The summed E-state index contributed by atoms with van der Waals surface area (Å²) in [6.45, 7) is 4.19. The standard InChI is InChI=1S/C24H27N3O5/c1-5-17-14-32-23-21(22(28)25-16-6-10-19(30-3)11-7-16)15(2)26(24(29)27(17)23)18-8-12-20(31-4)13-9-18/h6-13,15,17H,5,14H2,1-4H3,(H,25,28)/t15-,17-/m1/s1. The van der Waals surface area contributed by atoms with Gasteiger partial charge in [-0.2, -0.15) is 0 Å². The molecule has 2 aromatic carbocycles. The van der Waals surface area contributed by atoms with E-state index in [1.807, 2.05) is 26.0 Å². The maximum atomic E-state index is 13.5. The Morgan fingerprint density at radius 3 is 2.19 bits per heavy atom. The molecule has 4 rings (SSSR count). The molecule has 0 aliphatic carbocycles. The molecule has 0 radical (unpaired) electrons. The van der Waals surface area contributed by atoms with E-state index in [9.17, 15) is 9.59 Å². The first kappa shape index (κ1) is 21.5. The van der Waals surface area contributed by atoms with Crippen molar-refractivity contribution < 1.29 is 23.8 Å². The van der Waals surface area contributed by atoms with E-state index >= 15 is 0 Å². The first-order valence-corrected chi connectivity index (χ1v) is 10.6. The predicted octanol–water partition coefficient (Wildman–Crippen LogP) is 3.99. The lowest BCUT2D eigenvalue weighted by atomic mass is 10.0. The molecule has 2 aliphatic rings. The molecule has 0 aromatic heterocycles. The van der Waals surface area contributed by atoms with Crippen LogP contribution in [0.25, 0.3) is 0 Å². The monoisotopic (exact) mass is 437 g/mol. The van der Waals surface area contributed by atoms with Crippen LogP contribution in [-0.4, -0.2) is 49.7 Å². The van der Waals surface area contributed by atoms with E-state index in [1.165, 1.54) is 0 Å². The third kappa shape index (κ3) is 3.72. The molecule has 0 unspecified atom stereocenters. The van der Waals surface area contributed by atoms with Crippen molar-refractivity contribution in [3.05, 3.63) is 60.0 Å². The Bertz CT molecular complexity index is 1030. The van der Waals surface area contributed by atoms with Gasteiger partial charge < -0.3 is 19.5 Å². The van der Waals surface area contributed by atoms with Crippen molar-refractivity contribution in [1.82, 2.24) is 4.90 Å². The van der Waals surface area contributed by atoms with E-state index in [2.05, 4.69) is 5.32 Å². The number of benzene rings is 2. The number of urea groups is 1. The van der Waals surface area contributed by atoms with Crippen molar-refractivity contribution in [2.45, 2.75) is 32.4 Å². The van der Waals surface area contributed by atoms with Gasteiger partial charge in [-0.05, 0) is 61.9 Å². The van der Waals surface area contributed by atoms with Crippen LogP contribution in [0.15, 0.2) is 60.0 Å². The second-order valence-corrected chi connectivity index (χ2v) is 7.67. The fraction of sp³-hybridized carbons (Fsp3) is 0.333. The zero-order valence-electron chi connectivity index (χ0n) is 18.6. The molecule has 2 aliphatic heterocycles. The van der Waals surface area contributed by atoms with Crippen molar-refractivity contribution in [3.8, 4) is 11.5 Å². The van der Waals surface area contributed by atoms with Crippen LogP contribution in [0.4, 0.5) is 16.2 Å². The number of nitrogens with one attached hydrogen (secondary N) is 1. The van der Waals surface area contributed by atoms with E-state index < -0.39 is 6.04 Å². The molecule has 2 heterocycles. The molecule has 1 fully saturated rings. The van der Waals surface area contributed by atoms with Gasteiger partial charge in [0.1, 0.15) is 23.7 Å². The second-order valence-electron chi connectivity index (χ2n) is 7.67. The van der Waals surface area contributed by atoms with E-state index in [4.69, 9.17) is 14.2 Å². The van der Waals surface area contributed by atoms with Crippen LogP contribution in [-0.2, 0) is 9.53 Å². The number of ether oxygens (including phenoxy) is 3. The number of fused-ring (bicyclic) bond motifs is 1. The number of rotatable bonds is 6. The third-order valence-corrected chi connectivity index (χ3v) is 5.86. The summed E-state index contributed by atoms with van der Waals surface area (Å²) in [6.07, 6.45) is 0.716. The highest BCUT2D eigenvalue weighted by Gasteiger charge is 2.47. The van der Waals surface area contributed by atoms with Crippen LogP contribution >= 0.6 is 0 Å². The predicted molar refractivity (Wildman–Crippen MR) is 121 cm³/mol. The van der Waals surface area contributed by atoms with Crippen LogP contribution in [0, 0.1) is 0 Å². The number of carbonyl (C=O) groups excluding carboxylic acids is 2. The van der Waals surface area contributed by atoms with Crippen molar-refractivity contribution in [1.29, 1.82) is 0 Å². The Kier molecular flexibility index (Phi) is 5.94. The number of amides is 3. The van der Waals surface area contributed by atoms with Gasteiger partial charge in [-0.25, -0.2) is 4.79 Å². The summed E-state index contributed by atoms with van der Waals surface area (Å²) in [5.41, 5.74) is 1.71. The summed E-state index contributed by atoms with van der Waals surface area (Å²) in [4.78, 5) is 30.1. The van der Waals surface area contributed by atoms with Crippen molar-refractivity contribution in [2.24, 2.45) is 0 Å². The Morgan fingerprint density at radius 2 is 1.62 bits per heavy atom. The van der Waals surface area contributed by atoms with Crippen LogP contribution < -0.4 is 19.7 Å². The van der Waals surface area contributed by atoms with E-state index in [1.54, 1.807) is 60.4 Å². The molecule has 1 N–H and O–H groups in total. The Labute approximate surface area is 187 Å². The van der Waals surface area contributed by atoms with Gasteiger partial charge >= 0.3 is 6.03 Å².